The second kappa shape index (κ2) is 4.14. The molecule has 1 heterocycles. The van der Waals surface area contributed by atoms with Crippen molar-refractivity contribution in [2.75, 3.05) is 0 Å². The monoisotopic (exact) mass is 164 g/mol. The summed E-state index contributed by atoms with van der Waals surface area (Å²) in [6, 6.07) is 2.19. The van der Waals surface area contributed by atoms with Crippen molar-refractivity contribution in [3.05, 3.63) is 40.1 Å². The molecule has 0 unspecified atom stereocenters. The molecule has 0 aliphatic carbocycles. The van der Waals surface area contributed by atoms with Gasteiger partial charge >= 0.3 is 0 Å². The van der Waals surface area contributed by atoms with Crippen molar-refractivity contribution < 1.29 is 0 Å². The fourth-order valence-corrected chi connectivity index (χ4v) is 1.50. The Hall–Kier alpha value is -0.820. The summed E-state index contributed by atoms with van der Waals surface area (Å²) in [6.45, 7) is 4.14. The zero-order valence-corrected chi connectivity index (χ0v) is 7.69. The first-order chi connectivity index (χ1) is 5.33. The lowest BCUT2D eigenvalue weighted by atomic mass is 10.3. The molecule has 0 spiro atoms. The lowest BCUT2D eigenvalue weighted by molar-refractivity contribution is 1.63. The molecule has 0 nitrogen and oxygen atoms in total. The van der Waals surface area contributed by atoms with E-state index in [4.69, 9.17) is 0 Å². The molecule has 1 aromatic heterocycles. The van der Waals surface area contributed by atoms with Crippen molar-refractivity contribution in [3.63, 3.8) is 0 Å². The van der Waals surface area contributed by atoms with E-state index in [2.05, 4.69) is 30.5 Å². The van der Waals surface area contributed by atoms with E-state index in [1.54, 1.807) is 11.3 Å². The zero-order valence-electron chi connectivity index (χ0n) is 6.87. The van der Waals surface area contributed by atoms with Crippen LogP contribution in [0.5, 0.6) is 0 Å². The Kier molecular flexibility index (Phi) is 3.12. The second-order valence-electron chi connectivity index (χ2n) is 2.38. The summed E-state index contributed by atoms with van der Waals surface area (Å²) in [5, 5.41) is 2.16. The number of hydrogen-bond acceptors (Lipinski definition) is 1. The molecule has 1 aromatic rings. The Labute approximate surface area is 71.9 Å². The lowest BCUT2D eigenvalue weighted by Gasteiger charge is -1.78. The van der Waals surface area contributed by atoms with Crippen molar-refractivity contribution in [3.8, 4) is 0 Å². The Morgan fingerprint density at radius 3 is 2.73 bits per heavy atom. The van der Waals surface area contributed by atoms with Crippen molar-refractivity contribution in [1.29, 1.82) is 0 Å². The number of aryl methyl sites for hydroxylation is 1. The van der Waals surface area contributed by atoms with E-state index in [9.17, 15) is 0 Å². The first-order valence-corrected chi connectivity index (χ1v) is 4.55. The van der Waals surface area contributed by atoms with Gasteiger partial charge in [-0.05, 0) is 30.9 Å². The topological polar surface area (TPSA) is 0 Å². The highest BCUT2D eigenvalue weighted by Crippen LogP contribution is 2.14. The van der Waals surface area contributed by atoms with Gasteiger partial charge in [-0.15, -0.1) is 11.3 Å². The molecule has 0 N–H and O–H groups in total. The van der Waals surface area contributed by atoms with Gasteiger partial charge in [0.25, 0.3) is 0 Å². The van der Waals surface area contributed by atoms with Crippen LogP contribution in [0.2, 0.25) is 0 Å². The van der Waals surface area contributed by atoms with Crippen molar-refractivity contribution in [2.45, 2.75) is 13.8 Å². The minimum Gasteiger partial charge on any atom is -0.149 e. The first-order valence-electron chi connectivity index (χ1n) is 3.67. The van der Waals surface area contributed by atoms with Gasteiger partial charge in [0.1, 0.15) is 0 Å². The Morgan fingerprint density at radius 2 is 2.18 bits per heavy atom. The quantitative estimate of drug-likeness (QED) is 0.585. The van der Waals surface area contributed by atoms with E-state index in [0.29, 0.717) is 0 Å². The van der Waals surface area contributed by atoms with Crippen LogP contribution in [-0.4, -0.2) is 0 Å². The van der Waals surface area contributed by atoms with Crippen LogP contribution in [0, 0.1) is 6.92 Å². The molecular weight excluding hydrogens is 152 g/mol. The van der Waals surface area contributed by atoms with E-state index in [-0.39, 0.29) is 0 Å². The van der Waals surface area contributed by atoms with E-state index >= 15 is 0 Å². The normalized spacial score (nSPS) is 11.8. The highest BCUT2D eigenvalue weighted by Gasteiger charge is 1.88. The molecule has 11 heavy (non-hydrogen) atoms. The Balaban J connectivity index is 2.64. The Morgan fingerprint density at radius 1 is 1.36 bits per heavy atom. The van der Waals surface area contributed by atoms with Gasteiger partial charge in [-0.1, -0.05) is 24.3 Å². The highest BCUT2D eigenvalue weighted by atomic mass is 32.1. The van der Waals surface area contributed by atoms with Crippen LogP contribution in [0.1, 0.15) is 17.4 Å². The molecule has 0 bridgehead atoms. The van der Waals surface area contributed by atoms with Gasteiger partial charge in [-0.3, -0.25) is 0 Å². The van der Waals surface area contributed by atoms with Gasteiger partial charge in [-0.2, -0.15) is 0 Å². The molecule has 0 aromatic carbocycles. The third-order valence-corrected chi connectivity index (χ3v) is 2.22. The van der Waals surface area contributed by atoms with Gasteiger partial charge in [0.2, 0.25) is 0 Å². The van der Waals surface area contributed by atoms with Crippen molar-refractivity contribution >= 4 is 17.4 Å². The molecule has 0 atom stereocenters. The van der Waals surface area contributed by atoms with E-state index < -0.39 is 0 Å². The average Bonchev–Trinajstić information content (AvgIpc) is 2.37. The van der Waals surface area contributed by atoms with Gasteiger partial charge < -0.3 is 0 Å². The number of allylic oxidation sites excluding steroid dienone is 3. The molecule has 58 valence electrons. The molecular formula is C10H12S. The summed E-state index contributed by atoms with van der Waals surface area (Å²) in [4.78, 5) is 1.37. The van der Waals surface area contributed by atoms with Gasteiger partial charge in [0.05, 0.1) is 0 Å². The molecule has 0 saturated carbocycles. The fourth-order valence-electron chi connectivity index (χ4n) is 0.829. The molecule has 0 saturated heterocycles. The summed E-state index contributed by atoms with van der Waals surface area (Å²) >= 11 is 1.79. The fraction of sp³-hybridized carbons (Fsp3) is 0.200. The summed E-state index contributed by atoms with van der Waals surface area (Å²) in [5.41, 5.74) is 1.30. The number of thiophene rings is 1. The molecule has 1 heteroatoms. The standard InChI is InChI=1S/C10H12S/c1-3-4-5-6-10-7-9(2)11-8-10/h3-8H,1-2H3/b4-3-,6-5-. The molecule has 1 rings (SSSR count). The smallest absolute Gasteiger partial charge is 0.00203 e. The third-order valence-electron chi connectivity index (χ3n) is 1.34. The molecule has 0 aliphatic rings. The largest absolute Gasteiger partial charge is 0.149 e. The summed E-state index contributed by atoms with van der Waals surface area (Å²) in [7, 11) is 0. The average molecular weight is 164 g/mol. The summed E-state index contributed by atoms with van der Waals surface area (Å²) in [6.07, 6.45) is 8.23. The van der Waals surface area contributed by atoms with Crippen LogP contribution in [0.3, 0.4) is 0 Å². The van der Waals surface area contributed by atoms with Crippen LogP contribution in [-0.2, 0) is 0 Å². The van der Waals surface area contributed by atoms with Crippen molar-refractivity contribution in [2.24, 2.45) is 0 Å². The van der Waals surface area contributed by atoms with E-state index in [0.717, 1.165) is 0 Å². The van der Waals surface area contributed by atoms with Crippen LogP contribution in [0.4, 0.5) is 0 Å². The van der Waals surface area contributed by atoms with Crippen LogP contribution in [0.15, 0.2) is 29.7 Å². The molecule has 0 amide bonds. The number of rotatable bonds is 2. The minimum atomic E-state index is 1.30. The highest BCUT2D eigenvalue weighted by molar-refractivity contribution is 7.10. The summed E-state index contributed by atoms with van der Waals surface area (Å²) in [5.74, 6) is 0. The maximum Gasteiger partial charge on any atom is 0.00203 e. The minimum absolute atomic E-state index is 1.30. The lowest BCUT2D eigenvalue weighted by Crippen LogP contribution is -1.58. The Bertz CT molecular complexity index is 266. The number of hydrogen-bond donors (Lipinski definition) is 0. The van der Waals surface area contributed by atoms with E-state index in [1.165, 1.54) is 10.4 Å². The predicted molar refractivity (Wildman–Crippen MR) is 52.9 cm³/mol. The zero-order chi connectivity index (χ0) is 8.10. The first kappa shape index (κ1) is 8.28. The van der Waals surface area contributed by atoms with Gasteiger partial charge in [0.15, 0.2) is 0 Å². The van der Waals surface area contributed by atoms with Crippen LogP contribution in [0.25, 0.3) is 6.08 Å². The molecule has 0 aliphatic heterocycles. The maximum atomic E-state index is 2.19. The summed E-state index contributed by atoms with van der Waals surface area (Å²) < 4.78 is 0. The maximum absolute atomic E-state index is 2.19. The van der Waals surface area contributed by atoms with Crippen LogP contribution < -0.4 is 0 Å². The molecule has 0 fully saturated rings. The van der Waals surface area contributed by atoms with Gasteiger partial charge in [-0.25, -0.2) is 0 Å². The SMILES string of the molecule is C/C=C\C=C/c1csc(C)c1. The third kappa shape index (κ3) is 2.72. The van der Waals surface area contributed by atoms with Crippen LogP contribution >= 0.6 is 11.3 Å². The van der Waals surface area contributed by atoms with Crippen molar-refractivity contribution in [1.82, 2.24) is 0 Å². The van der Waals surface area contributed by atoms with E-state index in [1.807, 2.05) is 19.1 Å². The molecule has 0 radical (unpaired) electrons. The predicted octanol–water partition coefficient (Wildman–Crippen LogP) is 3.65. The van der Waals surface area contributed by atoms with Gasteiger partial charge in [0, 0.05) is 4.88 Å². The second-order valence-corrected chi connectivity index (χ2v) is 3.49.